The standard InChI is InChI=1S/C69H46N2/c1-5-20-47(21-6-1)56-33-17-23-50-24-18-34-57(66(50)56)49-38-41-54(42-39-49)70(55-43-45-63-60(46-55)67-58-31-14-13-22-48(58)40-44-65(67)71(63)53-29-11-4-12-30-53)64-37-19-36-62-68(64)59-32-15-16-35-61(59)69(62,51-25-7-2-8-26-51)52-27-9-3-10-28-52/h1-46H. The van der Waals surface area contributed by atoms with Crippen LogP contribution in [0.3, 0.4) is 0 Å². The quantitative estimate of drug-likeness (QED) is 0.147. The molecule has 0 unspecified atom stereocenters. The molecule has 0 spiro atoms. The highest BCUT2D eigenvalue weighted by Crippen LogP contribution is 2.59. The Bertz CT molecular complexity index is 4090. The average Bonchev–Trinajstić information content (AvgIpc) is 3.95. The average molecular weight is 903 g/mol. The maximum absolute atomic E-state index is 2.51. The van der Waals surface area contributed by atoms with Crippen molar-refractivity contribution in [3.63, 3.8) is 0 Å². The second kappa shape index (κ2) is 16.5. The van der Waals surface area contributed by atoms with Crippen LogP contribution in [-0.4, -0.2) is 4.57 Å². The van der Waals surface area contributed by atoms with E-state index in [-0.39, 0.29) is 0 Å². The lowest BCUT2D eigenvalue weighted by molar-refractivity contribution is 0.768. The number of fused-ring (bicyclic) bond motifs is 9. The molecule has 71 heavy (non-hydrogen) atoms. The summed E-state index contributed by atoms with van der Waals surface area (Å²) in [6, 6.07) is 103. The van der Waals surface area contributed by atoms with Crippen LogP contribution >= 0.6 is 0 Å². The molecule has 0 aliphatic heterocycles. The SMILES string of the molecule is c1ccc(-c2cccc3cccc(-c4ccc(N(c5ccc6c(c5)c5c7ccccc7ccc5n6-c5ccccc5)c5cccc6c5-c5ccccc5C6(c5ccccc5)c5ccccc5)cc4)c23)cc1. The number of aromatic nitrogens is 1. The summed E-state index contributed by atoms with van der Waals surface area (Å²) in [5.74, 6) is 0. The zero-order chi connectivity index (χ0) is 46.9. The second-order valence-corrected chi connectivity index (χ2v) is 18.7. The Morgan fingerprint density at radius 1 is 0.324 bits per heavy atom. The lowest BCUT2D eigenvalue weighted by Crippen LogP contribution is -2.28. The predicted molar refractivity (Wildman–Crippen MR) is 299 cm³/mol. The largest absolute Gasteiger partial charge is 0.310 e. The van der Waals surface area contributed by atoms with Crippen LogP contribution in [0.15, 0.2) is 279 Å². The van der Waals surface area contributed by atoms with Gasteiger partial charge in [-0.05, 0) is 126 Å². The molecule has 0 N–H and O–H groups in total. The topological polar surface area (TPSA) is 8.17 Å². The number of hydrogen-bond donors (Lipinski definition) is 0. The molecule has 0 fully saturated rings. The highest BCUT2D eigenvalue weighted by Gasteiger charge is 2.47. The molecule has 0 amide bonds. The van der Waals surface area contributed by atoms with Crippen LogP contribution in [0.2, 0.25) is 0 Å². The fourth-order valence-electron chi connectivity index (χ4n) is 12.1. The third kappa shape index (κ3) is 6.28. The molecule has 1 heterocycles. The number of benzene rings is 12. The monoisotopic (exact) mass is 902 g/mol. The summed E-state index contributed by atoms with van der Waals surface area (Å²) in [6.45, 7) is 0. The van der Waals surface area contributed by atoms with Crippen molar-refractivity contribution in [2.75, 3.05) is 4.90 Å². The second-order valence-electron chi connectivity index (χ2n) is 18.7. The van der Waals surface area contributed by atoms with Crippen molar-refractivity contribution in [3.05, 3.63) is 301 Å². The summed E-state index contributed by atoms with van der Waals surface area (Å²) >= 11 is 0. The number of rotatable bonds is 8. The zero-order valence-electron chi connectivity index (χ0n) is 39.0. The molecule has 0 bridgehead atoms. The van der Waals surface area contributed by atoms with E-state index in [0.29, 0.717) is 0 Å². The zero-order valence-corrected chi connectivity index (χ0v) is 39.0. The summed E-state index contributed by atoms with van der Waals surface area (Å²) < 4.78 is 2.43. The van der Waals surface area contributed by atoms with Crippen LogP contribution < -0.4 is 4.90 Å². The van der Waals surface area contributed by atoms with Crippen molar-refractivity contribution in [2.24, 2.45) is 0 Å². The van der Waals surface area contributed by atoms with Gasteiger partial charge < -0.3 is 9.47 Å². The van der Waals surface area contributed by atoms with Crippen molar-refractivity contribution >= 4 is 60.4 Å². The maximum atomic E-state index is 2.51. The van der Waals surface area contributed by atoms with Crippen molar-refractivity contribution in [2.45, 2.75) is 5.41 Å². The van der Waals surface area contributed by atoms with Gasteiger partial charge in [-0.1, -0.05) is 224 Å². The van der Waals surface area contributed by atoms with Crippen molar-refractivity contribution < 1.29 is 0 Å². The van der Waals surface area contributed by atoms with Gasteiger partial charge in [0.05, 0.1) is 22.1 Å². The molecular formula is C69H46N2. The van der Waals surface area contributed by atoms with E-state index in [9.17, 15) is 0 Å². The first kappa shape index (κ1) is 40.8. The number of hydrogen-bond acceptors (Lipinski definition) is 1. The molecule has 2 nitrogen and oxygen atoms in total. The van der Waals surface area contributed by atoms with Gasteiger partial charge in [0, 0.05) is 33.4 Å². The molecular weight excluding hydrogens is 857 g/mol. The van der Waals surface area contributed by atoms with E-state index in [1.807, 2.05) is 0 Å². The van der Waals surface area contributed by atoms with Gasteiger partial charge in [0.25, 0.3) is 0 Å². The lowest BCUT2D eigenvalue weighted by Gasteiger charge is -2.34. The molecule has 1 aliphatic rings. The molecule has 13 aromatic rings. The van der Waals surface area contributed by atoms with Crippen LogP contribution in [0.1, 0.15) is 22.3 Å². The first-order chi connectivity index (χ1) is 35.3. The number of para-hydroxylation sites is 1. The first-order valence-corrected chi connectivity index (χ1v) is 24.6. The fraction of sp³-hybridized carbons (Fsp3) is 0.0145. The molecule has 332 valence electrons. The third-order valence-electron chi connectivity index (χ3n) is 15.0. The van der Waals surface area contributed by atoms with E-state index in [1.165, 1.54) is 99.0 Å². The van der Waals surface area contributed by atoms with Gasteiger partial charge in [-0.2, -0.15) is 0 Å². The summed E-state index contributed by atoms with van der Waals surface area (Å²) in [5.41, 5.74) is 18.6. The smallest absolute Gasteiger partial charge is 0.0714 e. The van der Waals surface area contributed by atoms with Gasteiger partial charge in [0.2, 0.25) is 0 Å². The van der Waals surface area contributed by atoms with Gasteiger partial charge in [0.1, 0.15) is 0 Å². The van der Waals surface area contributed by atoms with E-state index in [4.69, 9.17) is 0 Å². The van der Waals surface area contributed by atoms with Gasteiger partial charge in [-0.15, -0.1) is 0 Å². The van der Waals surface area contributed by atoms with Crippen molar-refractivity contribution in [1.82, 2.24) is 4.57 Å². The molecule has 0 atom stereocenters. The molecule has 1 aliphatic carbocycles. The minimum absolute atomic E-state index is 0.545. The Kier molecular flexibility index (Phi) is 9.47. The minimum Gasteiger partial charge on any atom is -0.310 e. The van der Waals surface area contributed by atoms with Gasteiger partial charge in [0.15, 0.2) is 0 Å². The molecule has 1 aromatic heterocycles. The van der Waals surface area contributed by atoms with Crippen molar-refractivity contribution in [1.29, 1.82) is 0 Å². The van der Waals surface area contributed by atoms with Gasteiger partial charge >= 0.3 is 0 Å². The molecule has 14 rings (SSSR count). The molecule has 0 radical (unpaired) electrons. The van der Waals surface area contributed by atoms with E-state index in [2.05, 4.69) is 289 Å². The van der Waals surface area contributed by atoms with Gasteiger partial charge in [-0.3, -0.25) is 0 Å². The molecule has 12 aromatic carbocycles. The van der Waals surface area contributed by atoms with Crippen LogP contribution in [0.25, 0.3) is 82.4 Å². The Morgan fingerprint density at radius 2 is 0.859 bits per heavy atom. The Morgan fingerprint density at radius 3 is 1.58 bits per heavy atom. The van der Waals surface area contributed by atoms with Crippen LogP contribution in [0.4, 0.5) is 17.1 Å². The molecule has 0 saturated carbocycles. The highest BCUT2D eigenvalue weighted by molar-refractivity contribution is 6.22. The Balaban J connectivity index is 1.04. The fourth-order valence-corrected chi connectivity index (χ4v) is 12.1. The third-order valence-corrected chi connectivity index (χ3v) is 15.0. The maximum Gasteiger partial charge on any atom is 0.0714 e. The highest BCUT2D eigenvalue weighted by atomic mass is 15.1. The van der Waals surface area contributed by atoms with E-state index in [1.54, 1.807) is 0 Å². The van der Waals surface area contributed by atoms with E-state index >= 15 is 0 Å². The van der Waals surface area contributed by atoms with Crippen LogP contribution in [0.5, 0.6) is 0 Å². The summed E-state index contributed by atoms with van der Waals surface area (Å²) in [5, 5.41) is 7.41. The number of nitrogens with zero attached hydrogens (tertiary/aromatic N) is 2. The first-order valence-electron chi connectivity index (χ1n) is 24.6. The Hall–Kier alpha value is -9.24. The van der Waals surface area contributed by atoms with Crippen LogP contribution in [0, 0.1) is 0 Å². The van der Waals surface area contributed by atoms with Crippen LogP contribution in [-0.2, 0) is 5.41 Å². The number of anilines is 3. The Labute approximate surface area is 413 Å². The molecule has 2 heteroatoms. The van der Waals surface area contributed by atoms with Crippen molar-refractivity contribution in [3.8, 4) is 39.1 Å². The lowest BCUT2D eigenvalue weighted by atomic mass is 9.68. The van der Waals surface area contributed by atoms with E-state index in [0.717, 1.165) is 22.7 Å². The normalized spacial score (nSPS) is 12.6. The summed E-state index contributed by atoms with van der Waals surface area (Å²) in [7, 11) is 0. The van der Waals surface area contributed by atoms with E-state index < -0.39 is 5.41 Å². The predicted octanol–water partition coefficient (Wildman–Crippen LogP) is 18.3. The summed E-state index contributed by atoms with van der Waals surface area (Å²) in [4.78, 5) is 2.51. The minimum atomic E-state index is -0.545. The summed E-state index contributed by atoms with van der Waals surface area (Å²) in [6.07, 6.45) is 0. The molecule has 0 saturated heterocycles. The van der Waals surface area contributed by atoms with Gasteiger partial charge in [-0.25, -0.2) is 0 Å².